The first-order chi connectivity index (χ1) is 13.6. The normalized spacial score (nSPS) is 20.5. The van der Waals surface area contributed by atoms with Crippen LogP contribution in [0, 0.1) is 0 Å². The standard InChI is InChI=1S/C23H27N3O2/c1-17(18-9-11-21(12-10-18)26-14-5-8-22(26)27)24-23(28)25-15-13-20(16-25)19-6-3-2-4-7-19/h2-4,6-7,9-12,17,20H,5,8,13-16H2,1H3,(H,24,28)/t17-,20-/m1/s1. The van der Waals surface area contributed by atoms with Crippen molar-refractivity contribution in [2.45, 2.75) is 38.1 Å². The summed E-state index contributed by atoms with van der Waals surface area (Å²) >= 11 is 0. The number of hydrogen-bond acceptors (Lipinski definition) is 2. The number of carbonyl (C=O) groups is 2. The Hall–Kier alpha value is -2.82. The van der Waals surface area contributed by atoms with Crippen LogP contribution < -0.4 is 10.2 Å². The highest BCUT2D eigenvalue weighted by Gasteiger charge is 2.28. The predicted octanol–water partition coefficient (Wildman–Crippen LogP) is 4.07. The molecule has 2 saturated heterocycles. The van der Waals surface area contributed by atoms with Gasteiger partial charge in [0.15, 0.2) is 0 Å². The third-order valence-corrected chi connectivity index (χ3v) is 5.86. The zero-order valence-corrected chi connectivity index (χ0v) is 16.3. The molecule has 5 heteroatoms. The second-order valence-electron chi connectivity index (χ2n) is 7.75. The van der Waals surface area contributed by atoms with Gasteiger partial charge in [-0.15, -0.1) is 0 Å². The lowest BCUT2D eigenvalue weighted by Crippen LogP contribution is -2.39. The van der Waals surface area contributed by atoms with Gasteiger partial charge < -0.3 is 15.1 Å². The molecule has 0 aliphatic carbocycles. The molecular formula is C23H27N3O2. The molecule has 0 unspecified atom stereocenters. The fourth-order valence-electron chi connectivity index (χ4n) is 4.17. The third kappa shape index (κ3) is 3.88. The average molecular weight is 377 g/mol. The molecule has 5 nitrogen and oxygen atoms in total. The topological polar surface area (TPSA) is 52.7 Å². The van der Waals surface area contributed by atoms with Crippen LogP contribution in [0.2, 0.25) is 0 Å². The van der Waals surface area contributed by atoms with E-state index in [4.69, 9.17) is 0 Å². The number of anilines is 1. The van der Waals surface area contributed by atoms with Crippen LogP contribution in [0.25, 0.3) is 0 Å². The quantitative estimate of drug-likeness (QED) is 0.873. The maximum absolute atomic E-state index is 12.7. The summed E-state index contributed by atoms with van der Waals surface area (Å²) in [6.45, 7) is 4.34. The Kier molecular flexibility index (Phi) is 5.33. The van der Waals surface area contributed by atoms with E-state index in [1.807, 2.05) is 47.1 Å². The van der Waals surface area contributed by atoms with E-state index in [1.54, 1.807) is 0 Å². The van der Waals surface area contributed by atoms with Crippen LogP contribution >= 0.6 is 0 Å². The van der Waals surface area contributed by atoms with Gasteiger partial charge in [0.1, 0.15) is 0 Å². The Bertz CT molecular complexity index is 835. The fourth-order valence-corrected chi connectivity index (χ4v) is 4.17. The second-order valence-corrected chi connectivity index (χ2v) is 7.75. The minimum Gasteiger partial charge on any atom is -0.331 e. The average Bonchev–Trinajstić information content (AvgIpc) is 3.38. The van der Waals surface area contributed by atoms with Gasteiger partial charge >= 0.3 is 6.03 Å². The van der Waals surface area contributed by atoms with E-state index in [0.717, 1.165) is 43.7 Å². The maximum Gasteiger partial charge on any atom is 0.317 e. The predicted molar refractivity (Wildman–Crippen MR) is 110 cm³/mol. The van der Waals surface area contributed by atoms with Gasteiger partial charge in [0.2, 0.25) is 5.91 Å². The molecule has 2 aliphatic rings. The largest absolute Gasteiger partial charge is 0.331 e. The third-order valence-electron chi connectivity index (χ3n) is 5.86. The number of benzene rings is 2. The van der Waals surface area contributed by atoms with Crippen molar-refractivity contribution in [2.75, 3.05) is 24.5 Å². The van der Waals surface area contributed by atoms with E-state index in [2.05, 4.69) is 29.6 Å². The van der Waals surface area contributed by atoms with Gasteiger partial charge in [-0.1, -0.05) is 42.5 Å². The number of rotatable bonds is 4. The molecule has 3 amide bonds. The van der Waals surface area contributed by atoms with Gasteiger partial charge in [0, 0.05) is 37.7 Å². The Morgan fingerprint density at radius 3 is 2.50 bits per heavy atom. The molecule has 146 valence electrons. The monoisotopic (exact) mass is 377 g/mol. The second kappa shape index (κ2) is 8.05. The fraction of sp³-hybridized carbons (Fsp3) is 0.391. The van der Waals surface area contributed by atoms with Crippen LogP contribution in [0.3, 0.4) is 0 Å². The van der Waals surface area contributed by atoms with Gasteiger partial charge in [-0.05, 0) is 43.0 Å². The molecular weight excluding hydrogens is 350 g/mol. The van der Waals surface area contributed by atoms with Crippen LogP contribution in [0.1, 0.15) is 49.3 Å². The highest BCUT2D eigenvalue weighted by atomic mass is 16.2. The van der Waals surface area contributed by atoms with Gasteiger partial charge in [-0.3, -0.25) is 4.79 Å². The minimum absolute atomic E-state index is 0.00951. The van der Waals surface area contributed by atoms with Crippen molar-refractivity contribution in [2.24, 2.45) is 0 Å². The smallest absolute Gasteiger partial charge is 0.317 e. The Balaban J connectivity index is 1.34. The van der Waals surface area contributed by atoms with Crippen molar-refractivity contribution in [1.82, 2.24) is 10.2 Å². The summed E-state index contributed by atoms with van der Waals surface area (Å²) in [7, 11) is 0. The number of urea groups is 1. The highest BCUT2D eigenvalue weighted by molar-refractivity contribution is 5.95. The van der Waals surface area contributed by atoms with E-state index in [-0.39, 0.29) is 18.0 Å². The summed E-state index contributed by atoms with van der Waals surface area (Å²) in [5.41, 5.74) is 3.29. The van der Waals surface area contributed by atoms with Crippen molar-refractivity contribution in [3.63, 3.8) is 0 Å². The molecule has 0 bridgehead atoms. The molecule has 2 fully saturated rings. The lowest BCUT2D eigenvalue weighted by molar-refractivity contribution is -0.117. The molecule has 2 atom stereocenters. The lowest BCUT2D eigenvalue weighted by Gasteiger charge is -2.22. The molecule has 0 spiro atoms. The minimum atomic E-state index is -0.0772. The van der Waals surface area contributed by atoms with Crippen LogP contribution in [0.5, 0.6) is 0 Å². The molecule has 0 aromatic heterocycles. The van der Waals surface area contributed by atoms with Gasteiger partial charge in [-0.25, -0.2) is 4.79 Å². The first-order valence-electron chi connectivity index (χ1n) is 10.1. The van der Waals surface area contributed by atoms with Crippen LogP contribution in [0.15, 0.2) is 54.6 Å². The van der Waals surface area contributed by atoms with Crippen molar-refractivity contribution >= 4 is 17.6 Å². The summed E-state index contributed by atoms with van der Waals surface area (Å²) in [6.07, 6.45) is 2.56. The molecule has 2 heterocycles. The van der Waals surface area contributed by atoms with Crippen molar-refractivity contribution in [1.29, 1.82) is 0 Å². The van der Waals surface area contributed by atoms with Crippen molar-refractivity contribution in [3.05, 3.63) is 65.7 Å². The van der Waals surface area contributed by atoms with E-state index in [1.165, 1.54) is 5.56 Å². The van der Waals surface area contributed by atoms with E-state index in [0.29, 0.717) is 12.3 Å². The number of likely N-dealkylation sites (tertiary alicyclic amines) is 1. The van der Waals surface area contributed by atoms with E-state index in [9.17, 15) is 9.59 Å². The van der Waals surface area contributed by atoms with Gasteiger partial charge in [-0.2, -0.15) is 0 Å². The van der Waals surface area contributed by atoms with Gasteiger partial charge in [0.25, 0.3) is 0 Å². The Morgan fingerprint density at radius 2 is 1.82 bits per heavy atom. The molecule has 0 saturated carbocycles. The number of carbonyl (C=O) groups excluding carboxylic acids is 2. The zero-order valence-electron chi connectivity index (χ0n) is 16.3. The first-order valence-corrected chi connectivity index (χ1v) is 10.1. The molecule has 4 rings (SSSR count). The summed E-state index contributed by atoms with van der Waals surface area (Å²) in [4.78, 5) is 28.3. The number of nitrogens with zero attached hydrogens (tertiary/aromatic N) is 2. The zero-order chi connectivity index (χ0) is 19.5. The van der Waals surface area contributed by atoms with E-state index >= 15 is 0 Å². The number of amides is 3. The van der Waals surface area contributed by atoms with Crippen LogP contribution in [-0.2, 0) is 4.79 Å². The van der Waals surface area contributed by atoms with Gasteiger partial charge in [0.05, 0.1) is 6.04 Å². The number of nitrogens with one attached hydrogen (secondary N) is 1. The van der Waals surface area contributed by atoms with Crippen molar-refractivity contribution < 1.29 is 9.59 Å². The molecule has 0 radical (unpaired) electrons. The summed E-state index contributed by atoms with van der Waals surface area (Å²) in [6, 6.07) is 18.3. The molecule has 2 aromatic rings. The molecule has 28 heavy (non-hydrogen) atoms. The molecule has 1 N–H and O–H groups in total. The molecule has 2 aliphatic heterocycles. The van der Waals surface area contributed by atoms with Crippen LogP contribution in [-0.4, -0.2) is 36.5 Å². The first kappa shape index (κ1) is 18.5. The highest BCUT2D eigenvalue weighted by Crippen LogP contribution is 2.28. The molecule has 2 aromatic carbocycles. The Morgan fingerprint density at radius 1 is 1.07 bits per heavy atom. The summed E-state index contributed by atoms with van der Waals surface area (Å²) in [5, 5.41) is 3.11. The van der Waals surface area contributed by atoms with Crippen molar-refractivity contribution in [3.8, 4) is 0 Å². The summed E-state index contributed by atoms with van der Waals surface area (Å²) in [5.74, 6) is 0.607. The van der Waals surface area contributed by atoms with E-state index < -0.39 is 0 Å². The van der Waals surface area contributed by atoms with Crippen LogP contribution in [0.4, 0.5) is 10.5 Å². The maximum atomic E-state index is 12.7. The SMILES string of the molecule is C[C@@H](NC(=O)N1CC[C@@H](c2ccccc2)C1)c1ccc(N2CCCC2=O)cc1. The number of hydrogen-bond donors (Lipinski definition) is 1. The lowest BCUT2D eigenvalue weighted by atomic mass is 9.99. The summed E-state index contributed by atoms with van der Waals surface area (Å²) < 4.78 is 0. The Labute approximate surface area is 166 Å².